The van der Waals surface area contributed by atoms with Crippen molar-refractivity contribution in [3.05, 3.63) is 29.8 Å². The van der Waals surface area contributed by atoms with Crippen LogP contribution in [0, 0.1) is 0 Å². The van der Waals surface area contributed by atoms with Gasteiger partial charge in [0.2, 0.25) is 0 Å². The molecule has 0 saturated heterocycles. The molecule has 35 heavy (non-hydrogen) atoms. The van der Waals surface area contributed by atoms with E-state index in [1.54, 1.807) is 13.3 Å². The summed E-state index contributed by atoms with van der Waals surface area (Å²) in [7, 11) is -9.64. The van der Waals surface area contributed by atoms with Crippen LogP contribution in [0.4, 0.5) is 57.1 Å². The number of hydrogen-bond acceptors (Lipinski definition) is 4. The second-order valence-electron chi connectivity index (χ2n) is 7.66. The third kappa shape index (κ3) is 5.92. The first-order valence-electron chi connectivity index (χ1n) is 8.43. The summed E-state index contributed by atoms with van der Waals surface area (Å²) < 4.78 is 197. The molecule has 0 aliphatic heterocycles. The van der Waals surface area contributed by atoms with Gasteiger partial charge in [-0.25, -0.2) is 0 Å². The number of nitrogens with two attached hydrogens (primary N) is 1. The van der Waals surface area contributed by atoms with Gasteiger partial charge >= 0.3 is 161 Å². The quantitative estimate of drug-likeness (QED) is 0.201. The van der Waals surface area contributed by atoms with Gasteiger partial charge in [0.15, 0.2) is 0 Å². The monoisotopic (exact) mass is 647 g/mol. The van der Waals surface area contributed by atoms with Gasteiger partial charge in [-0.3, -0.25) is 0 Å². The maximum absolute atomic E-state index is 13.9. The van der Waals surface area contributed by atoms with Gasteiger partial charge in [-0.05, 0) is 0 Å². The zero-order chi connectivity index (χ0) is 27.4. The molecule has 2 N–H and O–H groups in total. The minimum atomic E-state index is -8.25. The minimum absolute atomic E-state index is 0. The maximum atomic E-state index is 13.9. The fourth-order valence-corrected chi connectivity index (χ4v) is 4.48. The van der Waals surface area contributed by atoms with Crippen molar-refractivity contribution in [3.63, 3.8) is 0 Å². The molecule has 0 aromatic heterocycles. The summed E-state index contributed by atoms with van der Waals surface area (Å²) in [5.74, 6) is -33.7. The van der Waals surface area contributed by atoms with E-state index in [-0.39, 0.29) is 23.1 Å². The molecule has 208 valence electrons. The van der Waals surface area contributed by atoms with Crippen molar-refractivity contribution >= 4 is 34.5 Å². The van der Waals surface area contributed by atoms with Gasteiger partial charge in [0.1, 0.15) is 0 Å². The van der Waals surface area contributed by atoms with E-state index >= 15 is 0 Å². The van der Waals surface area contributed by atoms with Gasteiger partial charge < -0.3 is 0 Å². The zero-order valence-corrected chi connectivity index (χ0v) is 20.6. The van der Waals surface area contributed by atoms with E-state index in [1.807, 2.05) is 0 Å². The van der Waals surface area contributed by atoms with E-state index < -0.39 is 58.4 Å². The van der Waals surface area contributed by atoms with Crippen LogP contribution in [0.25, 0.3) is 0 Å². The van der Waals surface area contributed by atoms with E-state index in [9.17, 15) is 65.5 Å². The van der Waals surface area contributed by atoms with Crippen LogP contribution in [-0.2, 0) is 16.3 Å². The molecule has 0 heterocycles. The number of alkyl halides is 13. The molecule has 0 saturated carbocycles. The molecule has 1 aromatic carbocycles. The fraction of sp³-hybridized carbons (Fsp3) is 0.600. The second-order valence-corrected chi connectivity index (χ2v) is 13.6. The van der Waals surface area contributed by atoms with Crippen molar-refractivity contribution < 1.29 is 69.7 Å². The van der Waals surface area contributed by atoms with Gasteiger partial charge in [-0.1, -0.05) is 0 Å². The van der Waals surface area contributed by atoms with Crippen molar-refractivity contribution in [3.8, 4) is 5.75 Å². The van der Waals surface area contributed by atoms with E-state index in [2.05, 4.69) is 4.18 Å². The van der Waals surface area contributed by atoms with Crippen molar-refractivity contribution in [1.29, 1.82) is 0 Å². The van der Waals surface area contributed by atoms with Crippen molar-refractivity contribution in [1.82, 2.24) is 0 Å². The Bertz CT molecular complexity index is 993. The van der Waals surface area contributed by atoms with Gasteiger partial charge in [-0.2, -0.15) is 22.0 Å². The topological polar surface area (TPSA) is 69.4 Å². The fourth-order valence-electron chi connectivity index (χ4n) is 2.28. The summed E-state index contributed by atoms with van der Waals surface area (Å²) in [6.07, 6.45) is -7.38. The molecule has 20 heteroatoms. The molecule has 0 aliphatic carbocycles. The summed E-state index contributed by atoms with van der Waals surface area (Å²) in [4.78, 5) is 0. The summed E-state index contributed by atoms with van der Waals surface area (Å²) in [5.41, 5.74) is 6.18. The average Bonchev–Trinajstić information content (AvgIpc) is 2.60. The first-order valence-corrected chi connectivity index (χ1v) is 13.1. The number of benzene rings is 1. The Balaban J connectivity index is 0.0000116. The van der Waals surface area contributed by atoms with Crippen LogP contribution in [0.5, 0.6) is 5.75 Å². The van der Waals surface area contributed by atoms with Crippen LogP contribution >= 0.6 is 24.4 Å². The molecule has 0 spiro atoms. The van der Waals surface area contributed by atoms with Crippen molar-refractivity contribution in [2.45, 2.75) is 41.3 Å². The summed E-state index contributed by atoms with van der Waals surface area (Å²) in [6, 6.07) is 3.11. The molecule has 0 atom stereocenters. The Morgan fingerprint density at radius 2 is 1.11 bits per heavy atom. The molecule has 0 unspecified atom stereocenters. The van der Waals surface area contributed by atoms with Crippen LogP contribution in [0.2, 0.25) is 0 Å². The molecule has 1 aromatic rings. The summed E-state index contributed by atoms with van der Waals surface area (Å²) in [5, 5.41) is -7.42. The van der Waals surface area contributed by atoms with Crippen LogP contribution in [-0.4, -0.2) is 56.9 Å². The van der Waals surface area contributed by atoms with Crippen LogP contribution in [0.1, 0.15) is 5.56 Å². The average molecular weight is 648 g/mol. The Morgan fingerprint density at radius 3 is 1.46 bits per heavy atom. The third-order valence-corrected chi connectivity index (χ3v) is 6.62. The molecule has 0 fully saturated rings. The SMILES string of the molecule is Br.C[PH](C)(N)Cc1ccc(OS(=O)(=O)C(F)(F)C(F)(F)C(F)(F)C(F)(F)C(F)(F)C(F)(F)F)cc1. The molecular weight excluding hydrogens is 632 g/mol. The molecule has 0 bridgehead atoms. The zero-order valence-electron chi connectivity index (χ0n) is 17.0. The van der Waals surface area contributed by atoms with Gasteiger partial charge in [0.25, 0.3) is 0 Å². The van der Waals surface area contributed by atoms with Gasteiger partial charge in [0.05, 0.1) is 0 Å². The number of halogens is 14. The van der Waals surface area contributed by atoms with E-state index in [4.69, 9.17) is 5.50 Å². The Labute approximate surface area is 200 Å². The first kappa shape index (κ1) is 33.9. The predicted octanol–water partition coefficient (Wildman–Crippen LogP) is 6.05. The third-order valence-electron chi connectivity index (χ3n) is 4.01. The second kappa shape index (κ2) is 9.67. The standard InChI is InChI=1S/C15H15F13NO3PS.BrH/c1-33(2,29)7-8-3-5-9(6-4-8)32-34(30,31)15(27,28)13(22,23)11(18,19)10(16,17)12(20,21)14(24,25)26;/h3-6,33H,7,29H2,1-2H3;1H. The van der Waals surface area contributed by atoms with Crippen LogP contribution in [0.3, 0.4) is 0 Å². The van der Waals surface area contributed by atoms with Gasteiger partial charge in [-0.15, -0.1) is 17.0 Å². The normalized spacial score (nSPS) is 15.4. The predicted molar refractivity (Wildman–Crippen MR) is 105 cm³/mol. The van der Waals surface area contributed by atoms with Crippen LogP contribution < -0.4 is 9.69 Å². The Hall–Kier alpha value is -1.07. The Morgan fingerprint density at radius 1 is 0.743 bits per heavy atom. The molecule has 1 rings (SSSR count). The number of rotatable bonds is 9. The van der Waals surface area contributed by atoms with Crippen molar-refractivity contribution in [2.24, 2.45) is 5.50 Å². The van der Waals surface area contributed by atoms with Crippen molar-refractivity contribution in [2.75, 3.05) is 13.3 Å². The first-order chi connectivity index (χ1) is 14.7. The van der Waals surface area contributed by atoms with Crippen LogP contribution in [0.15, 0.2) is 24.3 Å². The Kier molecular flexibility index (Phi) is 9.37. The molecule has 0 aliphatic rings. The van der Waals surface area contributed by atoms with E-state index in [0.717, 1.165) is 12.1 Å². The van der Waals surface area contributed by atoms with E-state index in [0.29, 0.717) is 17.7 Å². The molecular formula is C15H16BrF13NO3PS. The molecule has 0 amide bonds. The summed E-state index contributed by atoms with van der Waals surface area (Å²) in [6.45, 7) is 3.34. The number of hydrogen-bond donors (Lipinski definition) is 1. The van der Waals surface area contributed by atoms with Gasteiger partial charge in [0, 0.05) is 0 Å². The molecule has 0 radical (unpaired) electrons. The van der Waals surface area contributed by atoms with E-state index in [1.165, 1.54) is 0 Å². The summed E-state index contributed by atoms with van der Waals surface area (Å²) >= 11 is 0. The molecule has 4 nitrogen and oxygen atoms in total.